The Bertz CT molecular complexity index is 203. The number of halogens is 1. The van der Waals surface area contributed by atoms with Gasteiger partial charge in [0.25, 0.3) is 0 Å². The molecule has 0 fully saturated rings. The number of hydrogen-bond acceptors (Lipinski definition) is 3. The predicted octanol–water partition coefficient (Wildman–Crippen LogP) is 2.50. The molecule has 0 aliphatic heterocycles. The van der Waals surface area contributed by atoms with E-state index in [1.807, 2.05) is 6.07 Å². The maximum Gasteiger partial charge on any atom is 0.129 e. The van der Waals surface area contributed by atoms with Crippen LogP contribution in [0.5, 0.6) is 0 Å². The van der Waals surface area contributed by atoms with Gasteiger partial charge in [-0.25, -0.2) is 9.97 Å². The van der Waals surface area contributed by atoms with Crippen molar-refractivity contribution in [3.05, 3.63) is 18.6 Å². The fourth-order valence-electron chi connectivity index (χ4n) is 0.987. The largest absolute Gasteiger partial charge is 0.370 e. The summed E-state index contributed by atoms with van der Waals surface area (Å²) in [5, 5.41) is 3.23. The summed E-state index contributed by atoms with van der Waals surface area (Å²) in [5.74, 6) is 0.918. The molecule has 1 N–H and O–H groups in total. The third-order valence-corrected chi connectivity index (χ3v) is 1.67. The summed E-state index contributed by atoms with van der Waals surface area (Å²) >= 11 is 0. The van der Waals surface area contributed by atoms with Gasteiger partial charge in [-0.15, -0.1) is 12.4 Å². The molecule has 0 aliphatic rings. The second-order valence-corrected chi connectivity index (χ2v) is 2.73. The van der Waals surface area contributed by atoms with Gasteiger partial charge in [-0.05, 0) is 12.5 Å². The quantitative estimate of drug-likeness (QED) is 0.744. The summed E-state index contributed by atoms with van der Waals surface area (Å²) in [5.41, 5.74) is 0. The molecule has 0 aliphatic carbocycles. The fraction of sp³-hybridized carbons (Fsp3) is 0.556. The van der Waals surface area contributed by atoms with Gasteiger partial charge < -0.3 is 5.32 Å². The lowest BCUT2D eigenvalue weighted by Gasteiger charge is -2.02. The Morgan fingerprint density at radius 3 is 2.85 bits per heavy atom. The lowest BCUT2D eigenvalue weighted by atomic mass is 10.2. The fourth-order valence-corrected chi connectivity index (χ4v) is 0.987. The van der Waals surface area contributed by atoms with Crippen molar-refractivity contribution in [1.29, 1.82) is 0 Å². The minimum Gasteiger partial charge on any atom is -0.370 e. The highest BCUT2D eigenvalue weighted by Crippen LogP contribution is 1.99. The molecule has 0 atom stereocenters. The van der Waals surface area contributed by atoms with E-state index in [0.29, 0.717) is 0 Å². The summed E-state index contributed by atoms with van der Waals surface area (Å²) < 4.78 is 0. The van der Waals surface area contributed by atoms with Gasteiger partial charge in [0, 0.05) is 12.7 Å². The number of nitrogens with one attached hydrogen (secondary N) is 1. The molecule has 4 heteroatoms. The average Bonchev–Trinajstić information content (AvgIpc) is 2.14. The maximum absolute atomic E-state index is 4.05. The van der Waals surface area contributed by atoms with Gasteiger partial charge in [0.1, 0.15) is 12.1 Å². The van der Waals surface area contributed by atoms with Crippen LogP contribution in [0, 0.1) is 0 Å². The highest BCUT2D eigenvalue weighted by atomic mass is 35.5. The van der Waals surface area contributed by atoms with E-state index in [9.17, 15) is 0 Å². The Kier molecular flexibility index (Phi) is 7.30. The first-order chi connectivity index (χ1) is 5.93. The summed E-state index contributed by atoms with van der Waals surface area (Å²) in [6.45, 7) is 3.20. The van der Waals surface area contributed by atoms with Gasteiger partial charge in [0.05, 0.1) is 0 Å². The summed E-state index contributed by atoms with van der Waals surface area (Å²) in [7, 11) is 0. The number of unbranched alkanes of at least 4 members (excludes halogenated alkanes) is 2. The van der Waals surface area contributed by atoms with Crippen molar-refractivity contribution in [3.63, 3.8) is 0 Å². The smallest absolute Gasteiger partial charge is 0.129 e. The molecular weight excluding hydrogens is 186 g/mol. The number of rotatable bonds is 5. The van der Waals surface area contributed by atoms with E-state index in [0.717, 1.165) is 12.4 Å². The van der Waals surface area contributed by atoms with Crippen LogP contribution in [-0.4, -0.2) is 16.5 Å². The third kappa shape index (κ3) is 5.42. The van der Waals surface area contributed by atoms with Gasteiger partial charge in [0.15, 0.2) is 0 Å². The number of hydrogen-bond donors (Lipinski definition) is 1. The van der Waals surface area contributed by atoms with Crippen molar-refractivity contribution in [1.82, 2.24) is 9.97 Å². The number of aromatic nitrogens is 2. The van der Waals surface area contributed by atoms with Crippen LogP contribution in [0.15, 0.2) is 18.6 Å². The van der Waals surface area contributed by atoms with Crippen LogP contribution in [0.1, 0.15) is 26.2 Å². The summed E-state index contributed by atoms with van der Waals surface area (Å²) in [6.07, 6.45) is 7.04. The van der Waals surface area contributed by atoms with Crippen LogP contribution in [-0.2, 0) is 0 Å². The van der Waals surface area contributed by atoms with Crippen LogP contribution in [0.4, 0.5) is 5.82 Å². The van der Waals surface area contributed by atoms with E-state index in [4.69, 9.17) is 0 Å². The molecule has 1 heterocycles. The molecular formula is C9H16ClN3. The molecule has 3 nitrogen and oxygen atoms in total. The number of anilines is 1. The molecule has 0 spiro atoms. The van der Waals surface area contributed by atoms with Crippen LogP contribution >= 0.6 is 12.4 Å². The zero-order valence-corrected chi connectivity index (χ0v) is 8.68. The first kappa shape index (κ1) is 12.2. The molecule has 74 valence electrons. The Balaban J connectivity index is 0.00000144. The Labute approximate surface area is 85.4 Å². The minimum atomic E-state index is 0. The molecule has 0 radical (unpaired) electrons. The second kappa shape index (κ2) is 7.80. The van der Waals surface area contributed by atoms with Gasteiger partial charge in [-0.3, -0.25) is 0 Å². The monoisotopic (exact) mass is 201 g/mol. The van der Waals surface area contributed by atoms with Crippen molar-refractivity contribution in [2.24, 2.45) is 0 Å². The standard InChI is InChI=1S/C9H15N3.ClH/c1-2-3-4-6-11-9-5-7-10-8-12-9;/h5,7-8H,2-4,6H2,1H3,(H,10,11,12);1H. The highest BCUT2D eigenvalue weighted by molar-refractivity contribution is 5.85. The van der Waals surface area contributed by atoms with Crippen molar-refractivity contribution >= 4 is 18.2 Å². The minimum absolute atomic E-state index is 0. The van der Waals surface area contributed by atoms with E-state index < -0.39 is 0 Å². The van der Waals surface area contributed by atoms with E-state index >= 15 is 0 Å². The molecule has 1 aromatic heterocycles. The zero-order valence-electron chi connectivity index (χ0n) is 7.86. The van der Waals surface area contributed by atoms with Gasteiger partial charge in [-0.1, -0.05) is 19.8 Å². The van der Waals surface area contributed by atoms with E-state index in [-0.39, 0.29) is 12.4 Å². The zero-order chi connectivity index (χ0) is 8.65. The number of nitrogens with zero attached hydrogens (tertiary/aromatic N) is 2. The van der Waals surface area contributed by atoms with Gasteiger partial charge >= 0.3 is 0 Å². The lowest BCUT2D eigenvalue weighted by Crippen LogP contribution is -2.02. The average molecular weight is 202 g/mol. The Hall–Kier alpha value is -0.830. The topological polar surface area (TPSA) is 37.8 Å². The maximum atomic E-state index is 4.05. The molecule has 13 heavy (non-hydrogen) atoms. The first-order valence-electron chi connectivity index (χ1n) is 4.43. The van der Waals surface area contributed by atoms with Crippen LogP contribution in [0.2, 0.25) is 0 Å². The summed E-state index contributed by atoms with van der Waals surface area (Å²) in [4.78, 5) is 7.89. The molecule has 0 saturated heterocycles. The van der Waals surface area contributed by atoms with Gasteiger partial charge in [0.2, 0.25) is 0 Å². The Morgan fingerprint density at radius 1 is 1.38 bits per heavy atom. The molecule has 1 rings (SSSR count). The van der Waals surface area contributed by atoms with Crippen molar-refractivity contribution < 1.29 is 0 Å². The van der Waals surface area contributed by atoms with Crippen molar-refractivity contribution in [2.45, 2.75) is 26.2 Å². The van der Waals surface area contributed by atoms with Gasteiger partial charge in [-0.2, -0.15) is 0 Å². The lowest BCUT2D eigenvalue weighted by molar-refractivity contribution is 0.742. The highest BCUT2D eigenvalue weighted by Gasteiger charge is 1.89. The molecule has 0 bridgehead atoms. The molecule has 0 unspecified atom stereocenters. The SMILES string of the molecule is CCCCCNc1ccncn1.Cl. The summed E-state index contributed by atoms with van der Waals surface area (Å²) in [6, 6.07) is 1.88. The van der Waals surface area contributed by atoms with E-state index in [1.54, 1.807) is 12.5 Å². The van der Waals surface area contributed by atoms with Crippen molar-refractivity contribution in [2.75, 3.05) is 11.9 Å². The molecule has 0 amide bonds. The molecule has 0 saturated carbocycles. The molecule has 1 aromatic rings. The Morgan fingerprint density at radius 2 is 2.23 bits per heavy atom. The van der Waals surface area contributed by atoms with Crippen LogP contribution in [0.3, 0.4) is 0 Å². The van der Waals surface area contributed by atoms with E-state index in [1.165, 1.54) is 19.3 Å². The molecule has 0 aromatic carbocycles. The van der Waals surface area contributed by atoms with Crippen LogP contribution < -0.4 is 5.32 Å². The van der Waals surface area contributed by atoms with E-state index in [2.05, 4.69) is 22.2 Å². The predicted molar refractivity (Wildman–Crippen MR) is 57.3 cm³/mol. The first-order valence-corrected chi connectivity index (χ1v) is 4.43. The van der Waals surface area contributed by atoms with Crippen LogP contribution in [0.25, 0.3) is 0 Å². The normalized spacial score (nSPS) is 9.00. The third-order valence-electron chi connectivity index (χ3n) is 1.67. The van der Waals surface area contributed by atoms with Crippen molar-refractivity contribution in [3.8, 4) is 0 Å². The second-order valence-electron chi connectivity index (χ2n) is 2.73.